The van der Waals surface area contributed by atoms with Gasteiger partial charge in [-0.1, -0.05) is 11.3 Å². The molecule has 3 heterocycles. The second kappa shape index (κ2) is 8.10. The van der Waals surface area contributed by atoms with Crippen molar-refractivity contribution in [2.45, 2.75) is 6.10 Å². The van der Waals surface area contributed by atoms with Crippen LogP contribution in [-0.4, -0.2) is 62.0 Å². The largest absolute Gasteiger partial charge is 0.499 e. The van der Waals surface area contributed by atoms with Crippen molar-refractivity contribution in [3.05, 3.63) is 41.3 Å². The average Bonchev–Trinajstić information content (AvgIpc) is 3.32. The zero-order chi connectivity index (χ0) is 20.4. The smallest absolute Gasteiger partial charge is 0.414 e. The first kappa shape index (κ1) is 19.2. The molecule has 2 aliphatic rings. The molecular weight excluding hydrogens is 398 g/mol. The summed E-state index contributed by atoms with van der Waals surface area (Å²) in [6.45, 7) is 1.52. The summed E-state index contributed by atoms with van der Waals surface area (Å²) < 4.78 is 10.5. The Labute approximate surface area is 170 Å². The van der Waals surface area contributed by atoms with Crippen molar-refractivity contribution >= 4 is 40.6 Å². The lowest BCUT2D eigenvalue weighted by molar-refractivity contribution is -0.125. The van der Waals surface area contributed by atoms with Crippen molar-refractivity contribution in [3.8, 4) is 5.06 Å². The van der Waals surface area contributed by atoms with Gasteiger partial charge in [0.05, 0.1) is 24.6 Å². The number of nitrogens with zero attached hydrogens (tertiary/aromatic N) is 2. The predicted octanol–water partition coefficient (Wildman–Crippen LogP) is 1.57. The maximum Gasteiger partial charge on any atom is 0.414 e. The normalized spacial score (nSPS) is 19.4. The van der Waals surface area contributed by atoms with Crippen LogP contribution < -0.4 is 15.1 Å². The standard InChI is InChI=1S/C19H19N3O6S/c23-16-11-27-8-7-21(16)12-1-3-13(4-2-12)22-10-14(28-19(22)26)9-20-18(25)15-5-6-17(24)29-15/h1-6,14,24H,7-11H2,(H,20,25)/t14-/m0/s1. The number of carbonyl (C=O) groups is 3. The molecule has 0 spiro atoms. The van der Waals surface area contributed by atoms with Crippen LogP contribution in [0.1, 0.15) is 9.67 Å². The average molecular weight is 417 g/mol. The summed E-state index contributed by atoms with van der Waals surface area (Å²) in [6.07, 6.45) is -0.978. The number of amides is 3. The molecule has 0 saturated carbocycles. The van der Waals surface area contributed by atoms with E-state index in [0.717, 1.165) is 17.0 Å². The Kier molecular flexibility index (Phi) is 5.36. The van der Waals surface area contributed by atoms with Gasteiger partial charge in [-0.2, -0.15) is 0 Å². The molecule has 1 atom stereocenters. The maximum atomic E-state index is 12.2. The van der Waals surface area contributed by atoms with Gasteiger partial charge in [-0.25, -0.2) is 4.79 Å². The fourth-order valence-corrected chi connectivity index (χ4v) is 3.85. The number of hydrogen-bond acceptors (Lipinski definition) is 7. The summed E-state index contributed by atoms with van der Waals surface area (Å²) in [7, 11) is 0. The Morgan fingerprint density at radius 3 is 2.52 bits per heavy atom. The van der Waals surface area contributed by atoms with Crippen LogP contribution >= 0.6 is 11.3 Å². The van der Waals surface area contributed by atoms with Crippen LogP contribution in [0.5, 0.6) is 5.06 Å². The van der Waals surface area contributed by atoms with Gasteiger partial charge in [0.1, 0.15) is 12.7 Å². The monoisotopic (exact) mass is 417 g/mol. The number of morpholine rings is 1. The van der Waals surface area contributed by atoms with Gasteiger partial charge in [0.25, 0.3) is 11.8 Å². The molecule has 4 rings (SSSR count). The number of ether oxygens (including phenoxy) is 2. The van der Waals surface area contributed by atoms with E-state index in [0.29, 0.717) is 30.3 Å². The SMILES string of the molecule is O=C(NC[C@H]1CN(c2ccc(N3CCOCC3=O)cc2)C(=O)O1)c1ccc(O)s1. The van der Waals surface area contributed by atoms with Gasteiger partial charge in [0.15, 0.2) is 5.06 Å². The molecule has 2 saturated heterocycles. The summed E-state index contributed by atoms with van der Waals surface area (Å²) in [6, 6.07) is 10.1. The number of aromatic hydroxyl groups is 1. The Morgan fingerprint density at radius 1 is 1.14 bits per heavy atom. The molecule has 2 aliphatic heterocycles. The minimum Gasteiger partial charge on any atom is -0.499 e. The van der Waals surface area contributed by atoms with Crippen molar-refractivity contribution in [3.63, 3.8) is 0 Å². The Morgan fingerprint density at radius 2 is 1.86 bits per heavy atom. The van der Waals surface area contributed by atoms with Crippen molar-refractivity contribution < 1.29 is 29.0 Å². The molecule has 29 heavy (non-hydrogen) atoms. The maximum absolute atomic E-state index is 12.2. The highest BCUT2D eigenvalue weighted by atomic mass is 32.1. The number of carbonyl (C=O) groups excluding carboxylic acids is 3. The first-order chi connectivity index (χ1) is 14.0. The van der Waals surface area contributed by atoms with E-state index in [9.17, 15) is 19.5 Å². The van der Waals surface area contributed by atoms with Crippen molar-refractivity contribution in [1.82, 2.24) is 5.32 Å². The summed E-state index contributed by atoms with van der Waals surface area (Å²) in [5, 5.41) is 12.1. The molecule has 0 unspecified atom stereocenters. The van der Waals surface area contributed by atoms with E-state index in [-0.39, 0.29) is 30.0 Å². The van der Waals surface area contributed by atoms with Gasteiger partial charge in [-0.3, -0.25) is 14.5 Å². The molecular formula is C19H19N3O6S. The summed E-state index contributed by atoms with van der Waals surface area (Å²) in [4.78, 5) is 39.7. The summed E-state index contributed by atoms with van der Waals surface area (Å²) in [5.74, 6) is -0.427. The number of nitrogens with one attached hydrogen (secondary N) is 1. The minimum atomic E-state index is -0.492. The third-order valence-electron chi connectivity index (χ3n) is 4.64. The molecule has 1 aromatic carbocycles. The fourth-order valence-electron chi connectivity index (χ4n) is 3.19. The topological polar surface area (TPSA) is 108 Å². The Balaban J connectivity index is 1.35. The van der Waals surface area contributed by atoms with Crippen molar-refractivity contribution in [2.24, 2.45) is 0 Å². The van der Waals surface area contributed by atoms with Gasteiger partial charge >= 0.3 is 6.09 Å². The van der Waals surface area contributed by atoms with Crippen LogP contribution in [0.2, 0.25) is 0 Å². The fraction of sp³-hybridized carbons (Fsp3) is 0.316. The van der Waals surface area contributed by atoms with Crippen LogP contribution in [-0.2, 0) is 14.3 Å². The molecule has 2 aromatic rings. The van der Waals surface area contributed by atoms with E-state index in [1.807, 2.05) is 0 Å². The lowest BCUT2D eigenvalue weighted by Gasteiger charge is -2.27. The summed E-state index contributed by atoms with van der Waals surface area (Å²) in [5.41, 5.74) is 1.40. The highest BCUT2D eigenvalue weighted by Crippen LogP contribution is 2.26. The molecule has 2 N–H and O–H groups in total. The highest BCUT2D eigenvalue weighted by molar-refractivity contribution is 7.15. The minimum absolute atomic E-state index is 0.0656. The quantitative estimate of drug-likeness (QED) is 0.765. The summed E-state index contributed by atoms with van der Waals surface area (Å²) >= 11 is 0.979. The predicted molar refractivity (Wildman–Crippen MR) is 106 cm³/mol. The number of hydrogen-bond donors (Lipinski definition) is 2. The van der Waals surface area contributed by atoms with E-state index in [4.69, 9.17) is 9.47 Å². The number of anilines is 2. The lowest BCUT2D eigenvalue weighted by Crippen LogP contribution is -2.41. The van der Waals surface area contributed by atoms with Crippen LogP contribution in [0.25, 0.3) is 0 Å². The molecule has 2 fully saturated rings. The lowest BCUT2D eigenvalue weighted by atomic mass is 10.2. The third-order valence-corrected chi connectivity index (χ3v) is 5.53. The molecule has 0 bridgehead atoms. The van der Waals surface area contributed by atoms with Gasteiger partial charge < -0.3 is 24.8 Å². The van der Waals surface area contributed by atoms with Crippen molar-refractivity contribution in [1.29, 1.82) is 0 Å². The Hall–Kier alpha value is -3.11. The van der Waals surface area contributed by atoms with Crippen LogP contribution in [0.3, 0.4) is 0 Å². The van der Waals surface area contributed by atoms with Crippen molar-refractivity contribution in [2.75, 3.05) is 42.6 Å². The van der Waals surface area contributed by atoms with E-state index in [2.05, 4.69) is 5.32 Å². The number of rotatable bonds is 5. The van der Waals surface area contributed by atoms with Gasteiger partial charge in [0, 0.05) is 17.9 Å². The third kappa shape index (κ3) is 4.17. The molecule has 1 aromatic heterocycles. The zero-order valence-corrected chi connectivity index (χ0v) is 16.2. The number of benzene rings is 1. The molecule has 0 aliphatic carbocycles. The zero-order valence-electron chi connectivity index (χ0n) is 15.4. The molecule has 3 amide bonds. The first-order valence-electron chi connectivity index (χ1n) is 9.04. The van der Waals surface area contributed by atoms with Crippen LogP contribution in [0, 0.1) is 0 Å². The molecule has 9 nitrogen and oxygen atoms in total. The first-order valence-corrected chi connectivity index (χ1v) is 9.86. The van der Waals surface area contributed by atoms with E-state index in [1.54, 1.807) is 29.2 Å². The number of cyclic esters (lactones) is 1. The molecule has 0 radical (unpaired) electrons. The molecule has 10 heteroatoms. The van der Waals surface area contributed by atoms with Gasteiger partial charge in [0.2, 0.25) is 0 Å². The highest BCUT2D eigenvalue weighted by Gasteiger charge is 2.33. The second-order valence-corrected chi connectivity index (χ2v) is 7.64. The second-order valence-electron chi connectivity index (χ2n) is 6.58. The van der Waals surface area contributed by atoms with E-state index < -0.39 is 12.2 Å². The van der Waals surface area contributed by atoms with E-state index in [1.165, 1.54) is 17.0 Å². The van der Waals surface area contributed by atoms with Gasteiger partial charge in [-0.15, -0.1) is 0 Å². The Bertz CT molecular complexity index is 928. The van der Waals surface area contributed by atoms with E-state index >= 15 is 0 Å². The molecule has 152 valence electrons. The number of thiophene rings is 1. The van der Waals surface area contributed by atoms with Gasteiger partial charge in [-0.05, 0) is 36.4 Å². The van der Waals surface area contributed by atoms with Crippen LogP contribution in [0.4, 0.5) is 16.2 Å². The van der Waals surface area contributed by atoms with Crippen LogP contribution in [0.15, 0.2) is 36.4 Å².